The largest absolute Gasteiger partial charge is 0.489 e. The summed E-state index contributed by atoms with van der Waals surface area (Å²) in [6.07, 6.45) is 1.60. The molecule has 0 spiro atoms. The summed E-state index contributed by atoms with van der Waals surface area (Å²) in [5, 5.41) is 15.0. The molecule has 0 amide bonds. The third-order valence-electron chi connectivity index (χ3n) is 6.21. The number of aliphatic hydroxyl groups excluding tert-OH is 1. The molecule has 0 bridgehead atoms. The van der Waals surface area contributed by atoms with Gasteiger partial charge in [-0.15, -0.1) is 0 Å². The van der Waals surface area contributed by atoms with Crippen molar-refractivity contribution >= 4 is 11.6 Å². The Balaban J connectivity index is 1.06. The average Bonchev–Trinajstić information content (AvgIpc) is 3.47. The third-order valence-corrected chi connectivity index (χ3v) is 6.53. The Kier molecular flexibility index (Phi) is 6.16. The molecular formula is C22H29ClN4O4. The van der Waals surface area contributed by atoms with Crippen LogP contribution in [-0.2, 0) is 4.74 Å². The van der Waals surface area contributed by atoms with Gasteiger partial charge in [0.1, 0.15) is 24.6 Å². The average molecular weight is 449 g/mol. The number of hydrogen-bond donors (Lipinski definition) is 1. The van der Waals surface area contributed by atoms with Gasteiger partial charge in [-0.2, -0.15) is 4.98 Å². The predicted octanol–water partition coefficient (Wildman–Crippen LogP) is 2.41. The van der Waals surface area contributed by atoms with Crippen molar-refractivity contribution in [2.45, 2.75) is 43.9 Å². The Labute approximate surface area is 187 Å². The zero-order chi connectivity index (χ0) is 21.4. The monoisotopic (exact) mass is 448 g/mol. The van der Waals surface area contributed by atoms with E-state index in [1.165, 1.54) is 0 Å². The number of likely N-dealkylation sites (tertiary alicyclic amines) is 1. The molecule has 2 atom stereocenters. The van der Waals surface area contributed by atoms with Gasteiger partial charge in [0.25, 0.3) is 5.89 Å². The van der Waals surface area contributed by atoms with Gasteiger partial charge in [0.05, 0.1) is 11.6 Å². The Hall–Kier alpha value is -1.71. The minimum atomic E-state index is -0.561. The maximum atomic E-state index is 10.4. The Morgan fingerprint density at radius 2 is 2.13 bits per heavy atom. The van der Waals surface area contributed by atoms with Gasteiger partial charge in [0.15, 0.2) is 5.82 Å². The summed E-state index contributed by atoms with van der Waals surface area (Å²) in [7, 11) is 0. The molecule has 3 aliphatic rings. The number of aromatic nitrogens is 2. The van der Waals surface area contributed by atoms with Crippen LogP contribution in [0.2, 0.25) is 5.02 Å². The van der Waals surface area contributed by atoms with Gasteiger partial charge in [0.2, 0.25) is 0 Å². The minimum absolute atomic E-state index is 0.152. The summed E-state index contributed by atoms with van der Waals surface area (Å²) < 4.78 is 17.1. The number of benzene rings is 1. The Morgan fingerprint density at radius 1 is 1.29 bits per heavy atom. The molecule has 1 aromatic carbocycles. The van der Waals surface area contributed by atoms with E-state index in [0.717, 1.165) is 50.4 Å². The molecule has 8 nitrogen and oxygen atoms in total. The molecule has 3 fully saturated rings. The van der Waals surface area contributed by atoms with Crippen LogP contribution >= 0.6 is 11.6 Å². The molecule has 168 valence electrons. The van der Waals surface area contributed by atoms with E-state index < -0.39 is 6.10 Å². The predicted molar refractivity (Wildman–Crippen MR) is 114 cm³/mol. The first-order chi connectivity index (χ1) is 15.0. The molecule has 1 aliphatic carbocycles. The van der Waals surface area contributed by atoms with E-state index in [-0.39, 0.29) is 12.7 Å². The lowest BCUT2D eigenvalue weighted by atomic mass is 10.0. The van der Waals surface area contributed by atoms with Crippen molar-refractivity contribution < 1.29 is 19.1 Å². The zero-order valence-electron chi connectivity index (χ0n) is 17.7. The standard InChI is InChI=1S/C22H29ClN4O4/c1-14-2-5-18(23)19(8-14)30-13-17(28)11-26-9-16(10-26)27-6-7-29-20(12-27)22-24-21(25-31-22)15-3-4-15/h2,5,8,15-17,20,28H,3-4,6-7,9-13H2,1H3. The summed E-state index contributed by atoms with van der Waals surface area (Å²) in [4.78, 5) is 9.23. The fourth-order valence-corrected chi connectivity index (χ4v) is 4.39. The van der Waals surface area contributed by atoms with E-state index in [4.69, 9.17) is 25.6 Å². The first-order valence-electron chi connectivity index (χ1n) is 11.0. The van der Waals surface area contributed by atoms with Crippen molar-refractivity contribution in [3.8, 4) is 5.75 Å². The molecule has 0 radical (unpaired) electrons. The van der Waals surface area contributed by atoms with E-state index in [9.17, 15) is 5.11 Å². The van der Waals surface area contributed by atoms with E-state index in [1.807, 2.05) is 25.1 Å². The molecule has 2 saturated heterocycles. The second kappa shape index (κ2) is 9.03. The maximum Gasteiger partial charge on any atom is 0.257 e. The lowest BCUT2D eigenvalue weighted by Gasteiger charge is -2.48. The number of nitrogens with zero attached hydrogens (tertiary/aromatic N) is 4. The molecule has 1 saturated carbocycles. The number of aliphatic hydroxyl groups is 1. The summed E-state index contributed by atoms with van der Waals surface area (Å²) in [5.41, 5.74) is 1.08. The molecule has 2 aromatic rings. The highest BCUT2D eigenvalue weighted by molar-refractivity contribution is 6.32. The molecule has 31 heavy (non-hydrogen) atoms. The Morgan fingerprint density at radius 3 is 2.94 bits per heavy atom. The summed E-state index contributed by atoms with van der Waals surface area (Å²) >= 11 is 6.16. The van der Waals surface area contributed by atoms with Crippen LogP contribution < -0.4 is 4.74 Å². The van der Waals surface area contributed by atoms with Gasteiger partial charge in [0, 0.05) is 44.7 Å². The molecule has 2 unspecified atom stereocenters. The molecular weight excluding hydrogens is 420 g/mol. The van der Waals surface area contributed by atoms with Crippen LogP contribution in [0.25, 0.3) is 0 Å². The van der Waals surface area contributed by atoms with Crippen LogP contribution in [0.5, 0.6) is 5.75 Å². The number of rotatable bonds is 8. The van der Waals surface area contributed by atoms with Crippen molar-refractivity contribution in [3.63, 3.8) is 0 Å². The molecule has 9 heteroatoms. The number of halogens is 1. The smallest absolute Gasteiger partial charge is 0.257 e. The highest BCUT2D eigenvalue weighted by Gasteiger charge is 2.38. The molecule has 2 aliphatic heterocycles. The van der Waals surface area contributed by atoms with Crippen molar-refractivity contribution in [2.75, 3.05) is 45.9 Å². The van der Waals surface area contributed by atoms with Gasteiger partial charge >= 0.3 is 0 Å². The maximum absolute atomic E-state index is 10.4. The summed E-state index contributed by atoms with van der Waals surface area (Å²) in [6.45, 7) is 6.97. The van der Waals surface area contributed by atoms with Crippen LogP contribution in [0.3, 0.4) is 0 Å². The molecule has 1 N–H and O–H groups in total. The number of morpholine rings is 1. The first-order valence-corrected chi connectivity index (χ1v) is 11.4. The second-order valence-corrected chi connectivity index (χ2v) is 9.30. The number of β-amino-alcohol motifs (C(OH)–C–C–N with tert-alkyl or cyclic N) is 1. The van der Waals surface area contributed by atoms with Crippen LogP contribution in [0.1, 0.15) is 42.1 Å². The van der Waals surface area contributed by atoms with Gasteiger partial charge in [-0.05, 0) is 37.5 Å². The number of hydrogen-bond acceptors (Lipinski definition) is 8. The first kappa shape index (κ1) is 21.2. The second-order valence-electron chi connectivity index (χ2n) is 8.89. The van der Waals surface area contributed by atoms with Gasteiger partial charge in [-0.1, -0.05) is 22.8 Å². The molecule has 5 rings (SSSR count). The summed E-state index contributed by atoms with van der Waals surface area (Å²) in [6, 6.07) is 6.10. The number of aryl methyl sites for hydroxylation is 1. The van der Waals surface area contributed by atoms with E-state index in [1.54, 1.807) is 0 Å². The quantitative estimate of drug-likeness (QED) is 0.659. The highest BCUT2D eigenvalue weighted by Crippen LogP contribution is 2.39. The number of ether oxygens (including phenoxy) is 2. The zero-order valence-corrected chi connectivity index (χ0v) is 18.5. The lowest BCUT2D eigenvalue weighted by Crippen LogP contribution is -2.62. The fraction of sp³-hybridized carbons (Fsp3) is 0.636. The van der Waals surface area contributed by atoms with E-state index >= 15 is 0 Å². The topological polar surface area (TPSA) is 84.1 Å². The molecule has 3 heterocycles. The van der Waals surface area contributed by atoms with Crippen LogP contribution in [0.15, 0.2) is 22.7 Å². The Bertz CT molecular complexity index is 899. The fourth-order valence-electron chi connectivity index (χ4n) is 4.22. The minimum Gasteiger partial charge on any atom is -0.489 e. The van der Waals surface area contributed by atoms with E-state index in [0.29, 0.717) is 41.8 Å². The van der Waals surface area contributed by atoms with Gasteiger partial charge in [-0.25, -0.2) is 0 Å². The van der Waals surface area contributed by atoms with Crippen LogP contribution in [0, 0.1) is 6.92 Å². The lowest BCUT2D eigenvalue weighted by molar-refractivity contribution is -0.0883. The SMILES string of the molecule is Cc1ccc(Cl)c(OCC(O)CN2CC(N3CCOC(c4nc(C5CC5)no4)C3)C2)c1. The third kappa shape index (κ3) is 5.04. The van der Waals surface area contributed by atoms with Gasteiger partial charge < -0.3 is 19.1 Å². The van der Waals surface area contributed by atoms with Crippen LogP contribution in [0.4, 0.5) is 0 Å². The molecule has 1 aromatic heterocycles. The summed E-state index contributed by atoms with van der Waals surface area (Å²) in [5.74, 6) is 2.53. The van der Waals surface area contributed by atoms with Gasteiger partial charge in [-0.3, -0.25) is 9.80 Å². The van der Waals surface area contributed by atoms with Crippen molar-refractivity contribution in [3.05, 3.63) is 40.5 Å². The van der Waals surface area contributed by atoms with Crippen LogP contribution in [-0.4, -0.2) is 83.1 Å². The normalized spacial score (nSPS) is 24.2. The van der Waals surface area contributed by atoms with Crippen molar-refractivity contribution in [1.29, 1.82) is 0 Å². The van der Waals surface area contributed by atoms with E-state index in [2.05, 4.69) is 19.9 Å². The van der Waals surface area contributed by atoms with Crippen molar-refractivity contribution in [2.24, 2.45) is 0 Å². The highest BCUT2D eigenvalue weighted by atomic mass is 35.5. The van der Waals surface area contributed by atoms with Crippen molar-refractivity contribution in [1.82, 2.24) is 19.9 Å².